The van der Waals surface area contributed by atoms with E-state index in [0.29, 0.717) is 22.9 Å². The van der Waals surface area contributed by atoms with Gasteiger partial charge in [0.2, 0.25) is 0 Å². The first-order valence-electron chi connectivity index (χ1n) is 5.18. The minimum Gasteiger partial charge on any atom is -0.496 e. The zero-order chi connectivity index (χ0) is 12.1. The van der Waals surface area contributed by atoms with Crippen LogP contribution in [0, 0.1) is 6.92 Å². The first-order chi connectivity index (χ1) is 7.60. The lowest BCUT2D eigenvalue weighted by atomic mass is 10.1. The smallest absolute Gasteiger partial charge is 0.180 e. The third kappa shape index (κ3) is 2.97. The number of aryl methyl sites for hydroxylation is 1. The van der Waals surface area contributed by atoms with Gasteiger partial charge in [-0.1, -0.05) is 18.5 Å². The summed E-state index contributed by atoms with van der Waals surface area (Å²) in [5, 5.41) is 3.54. The molecule has 3 nitrogen and oxygen atoms in total. The highest BCUT2D eigenvalue weighted by Gasteiger charge is 2.14. The number of carbonyl (C=O) groups excluding carboxylic acids is 1. The third-order valence-corrected chi connectivity index (χ3v) is 2.50. The van der Waals surface area contributed by atoms with Crippen molar-refractivity contribution in [1.82, 2.24) is 5.32 Å². The van der Waals surface area contributed by atoms with Crippen molar-refractivity contribution in [2.45, 2.75) is 13.8 Å². The molecule has 0 spiro atoms. The van der Waals surface area contributed by atoms with Crippen LogP contribution < -0.4 is 10.1 Å². The maximum absolute atomic E-state index is 11.9. The highest BCUT2D eigenvalue weighted by molar-refractivity contribution is 6.31. The Hall–Kier alpha value is -1.06. The van der Waals surface area contributed by atoms with E-state index in [2.05, 4.69) is 5.32 Å². The number of ether oxygens (including phenoxy) is 1. The quantitative estimate of drug-likeness (QED) is 0.805. The van der Waals surface area contributed by atoms with E-state index < -0.39 is 0 Å². The molecule has 1 aromatic rings. The molecule has 16 heavy (non-hydrogen) atoms. The van der Waals surface area contributed by atoms with E-state index >= 15 is 0 Å². The van der Waals surface area contributed by atoms with Gasteiger partial charge in [0.15, 0.2) is 5.78 Å². The van der Waals surface area contributed by atoms with Gasteiger partial charge in [0.25, 0.3) is 0 Å². The van der Waals surface area contributed by atoms with Crippen LogP contribution in [0.1, 0.15) is 22.8 Å². The van der Waals surface area contributed by atoms with Gasteiger partial charge in [0, 0.05) is 5.02 Å². The van der Waals surface area contributed by atoms with E-state index in [1.807, 2.05) is 13.8 Å². The molecule has 1 N–H and O–H groups in total. The van der Waals surface area contributed by atoms with Gasteiger partial charge in [0.05, 0.1) is 19.2 Å². The number of benzene rings is 1. The maximum atomic E-state index is 11.9. The zero-order valence-electron chi connectivity index (χ0n) is 9.76. The van der Waals surface area contributed by atoms with E-state index in [9.17, 15) is 4.79 Å². The van der Waals surface area contributed by atoms with Crippen LogP contribution in [0.5, 0.6) is 5.75 Å². The normalized spacial score (nSPS) is 10.2. The molecule has 1 rings (SSSR count). The molecule has 1 aromatic carbocycles. The number of hydrogen-bond acceptors (Lipinski definition) is 3. The average Bonchev–Trinajstić information content (AvgIpc) is 2.24. The average molecular weight is 242 g/mol. The Labute approximate surface area is 101 Å². The predicted octanol–water partition coefficient (Wildman–Crippen LogP) is 2.45. The van der Waals surface area contributed by atoms with Crippen molar-refractivity contribution < 1.29 is 9.53 Å². The van der Waals surface area contributed by atoms with Gasteiger partial charge in [-0.05, 0) is 31.2 Å². The van der Waals surface area contributed by atoms with Crippen LogP contribution >= 0.6 is 11.6 Å². The number of likely N-dealkylation sites (N-methyl/N-ethyl adjacent to an activating group) is 1. The lowest BCUT2D eigenvalue weighted by molar-refractivity contribution is 0.0988. The van der Waals surface area contributed by atoms with Crippen LogP contribution in [-0.2, 0) is 0 Å². The number of methoxy groups -OCH3 is 1. The maximum Gasteiger partial charge on any atom is 0.180 e. The molecule has 0 amide bonds. The Kier molecular flexibility index (Phi) is 4.77. The minimum absolute atomic E-state index is 0.00991. The van der Waals surface area contributed by atoms with Gasteiger partial charge in [-0.3, -0.25) is 4.79 Å². The number of carbonyl (C=O) groups is 1. The van der Waals surface area contributed by atoms with Crippen molar-refractivity contribution in [3.05, 3.63) is 28.3 Å². The van der Waals surface area contributed by atoms with Gasteiger partial charge in [0.1, 0.15) is 5.75 Å². The molecule has 88 valence electrons. The summed E-state index contributed by atoms with van der Waals surface area (Å²) in [6.07, 6.45) is 0. The van der Waals surface area contributed by atoms with Crippen molar-refractivity contribution >= 4 is 17.4 Å². The highest BCUT2D eigenvalue weighted by Crippen LogP contribution is 2.27. The molecule has 0 saturated carbocycles. The summed E-state index contributed by atoms with van der Waals surface area (Å²) in [7, 11) is 1.56. The van der Waals surface area contributed by atoms with Crippen LogP contribution in [0.2, 0.25) is 5.02 Å². The Balaban J connectivity index is 3.05. The summed E-state index contributed by atoms with van der Waals surface area (Å²) < 4.78 is 5.22. The second kappa shape index (κ2) is 5.87. The Morgan fingerprint density at radius 1 is 1.50 bits per heavy atom. The largest absolute Gasteiger partial charge is 0.496 e. The van der Waals surface area contributed by atoms with Gasteiger partial charge < -0.3 is 10.1 Å². The van der Waals surface area contributed by atoms with Gasteiger partial charge in [-0.25, -0.2) is 0 Å². The van der Waals surface area contributed by atoms with E-state index in [0.717, 1.165) is 12.1 Å². The van der Waals surface area contributed by atoms with Crippen molar-refractivity contribution in [2.75, 3.05) is 20.2 Å². The number of ketones is 1. The molecular formula is C12H16ClNO2. The number of rotatable bonds is 5. The monoisotopic (exact) mass is 241 g/mol. The summed E-state index contributed by atoms with van der Waals surface area (Å²) in [4.78, 5) is 11.9. The molecule has 0 atom stereocenters. The van der Waals surface area contributed by atoms with Gasteiger partial charge in [-0.2, -0.15) is 0 Å². The van der Waals surface area contributed by atoms with Crippen molar-refractivity contribution in [3.63, 3.8) is 0 Å². The van der Waals surface area contributed by atoms with Crippen LogP contribution in [0.4, 0.5) is 0 Å². The molecule has 4 heteroatoms. The van der Waals surface area contributed by atoms with E-state index in [1.54, 1.807) is 19.2 Å². The number of hydrogen-bond donors (Lipinski definition) is 1. The fraction of sp³-hybridized carbons (Fsp3) is 0.417. The lowest BCUT2D eigenvalue weighted by Crippen LogP contribution is -2.23. The van der Waals surface area contributed by atoms with Crippen LogP contribution in [0.25, 0.3) is 0 Å². The van der Waals surface area contributed by atoms with Gasteiger partial charge in [-0.15, -0.1) is 0 Å². The molecular weight excluding hydrogens is 226 g/mol. The molecule has 0 unspecified atom stereocenters. The first-order valence-corrected chi connectivity index (χ1v) is 5.56. The first kappa shape index (κ1) is 13.0. The topological polar surface area (TPSA) is 38.3 Å². The van der Waals surface area contributed by atoms with Crippen LogP contribution in [-0.4, -0.2) is 26.0 Å². The fourth-order valence-electron chi connectivity index (χ4n) is 1.54. The minimum atomic E-state index is -0.00991. The molecule has 0 aliphatic heterocycles. The molecule has 0 heterocycles. The lowest BCUT2D eigenvalue weighted by Gasteiger charge is -2.11. The second-order valence-electron chi connectivity index (χ2n) is 3.51. The van der Waals surface area contributed by atoms with Gasteiger partial charge >= 0.3 is 0 Å². The molecule has 0 radical (unpaired) electrons. The summed E-state index contributed by atoms with van der Waals surface area (Å²) >= 11 is 5.93. The SMILES string of the molecule is CCNCC(=O)c1cc(Cl)cc(C)c1OC. The van der Waals surface area contributed by atoms with E-state index in [1.165, 1.54) is 0 Å². The van der Waals surface area contributed by atoms with Crippen LogP contribution in [0.15, 0.2) is 12.1 Å². The third-order valence-electron chi connectivity index (χ3n) is 2.28. The number of nitrogens with one attached hydrogen (secondary N) is 1. The van der Waals surface area contributed by atoms with Crippen molar-refractivity contribution in [1.29, 1.82) is 0 Å². The molecule has 0 aliphatic carbocycles. The predicted molar refractivity (Wildman–Crippen MR) is 65.6 cm³/mol. The fourth-order valence-corrected chi connectivity index (χ4v) is 1.81. The van der Waals surface area contributed by atoms with Crippen molar-refractivity contribution in [2.24, 2.45) is 0 Å². The van der Waals surface area contributed by atoms with Crippen LogP contribution in [0.3, 0.4) is 0 Å². The standard InChI is InChI=1S/C12H16ClNO2/c1-4-14-7-11(15)10-6-9(13)5-8(2)12(10)16-3/h5-6,14H,4,7H2,1-3H3. The molecule has 0 bridgehead atoms. The molecule has 0 fully saturated rings. The summed E-state index contributed by atoms with van der Waals surface area (Å²) in [6.45, 7) is 4.88. The second-order valence-corrected chi connectivity index (χ2v) is 3.94. The Bertz CT molecular complexity index is 391. The Morgan fingerprint density at radius 3 is 2.75 bits per heavy atom. The van der Waals surface area contributed by atoms with Crippen molar-refractivity contribution in [3.8, 4) is 5.75 Å². The van der Waals surface area contributed by atoms with E-state index in [4.69, 9.17) is 16.3 Å². The van der Waals surface area contributed by atoms with E-state index in [-0.39, 0.29) is 5.78 Å². The number of halogens is 1. The zero-order valence-corrected chi connectivity index (χ0v) is 10.5. The number of Topliss-reactive ketones (excluding diaryl/α,β-unsaturated/α-hetero) is 1. The molecule has 0 aliphatic rings. The summed E-state index contributed by atoms with van der Waals surface area (Å²) in [5.74, 6) is 0.594. The molecule has 0 aromatic heterocycles. The Morgan fingerprint density at radius 2 is 2.19 bits per heavy atom. The highest BCUT2D eigenvalue weighted by atomic mass is 35.5. The summed E-state index contributed by atoms with van der Waals surface area (Å²) in [5.41, 5.74) is 1.41. The molecule has 0 saturated heterocycles. The summed E-state index contributed by atoms with van der Waals surface area (Å²) in [6, 6.07) is 3.43.